The number of benzene rings is 2. The van der Waals surface area contributed by atoms with Crippen LogP contribution in [0.5, 0.6) is 5.75 Å². The summed E-state index contributed by atoms with van der Waals surface area (Å²) in [7, 11) is -3.39. The number of ether oxygens (including phenoxy) is 2. The highest BCUT2D eigenvalue weighted by molar-refractivity contribution is 7.92. The molecule has 0 aromatic heterocycles. The summed E-state index contributed by atoms with van der Waals surface area (Å²) in [4.78, 5) is 13.0. The first kappa shape index (κ1) is 19.3. The zero-order valence-corrected chi connectivity index (χ0v) is 15.6. The second-order valence-corrected chi connectivity index (χ2v) is 8.24. The van der Waals surface area contributed by atoms with Gasteiger partial charge < -0.3 is 9.47 Å². The maximum atomic E-state index is 13.7. The van der Waals surface area contributed by atoms with Gasteiger partial charge in [0.1, 0.15) is 11.6 Å². The van der Waals surface area contributed by atoms with Crippen molar-refractivity contribution in [1.29, 1.82) is 0 Å². The van der Waals surface area contributed by atoms with Crippen LogP contribution in [0.25, 0.3) is 0 Å². The van der Waals surface area contributed by atoms with E-state index in [1.165, 1.54) is 36.4 Å². The number of hydrogen-bond acceptors (Lipinski definition) is 5. The molecular weight excluding hydrogens is 373 g/mol. The van der Waals surface area contributed by atoms with Crippen molar-refractivity contribution in [1.82, 2.24) is 0 Å². The smallest absolute Gasteiger partial charge is 0.322 e. The Bertz CT molecular complexity index is 921. The minimum Gasteiger partial charge on any atom is -0.426 e. The Kier molecular flexibility index (Phi) is 5.48. The van der Waals surface area contributed by atoms with Crippen LogP contribution in [0, 0.1) is 5.82 Å². The molecule has 1 fully saturated rings. The van der Waals surface area contributed by atoms with Gasteiger partial charge in [-0.1, -0.05) is 12.1 Å². The molecule has 3 rings (SSSR count). The summed E-state index contributed by atoms with van der Waals surface area (Å²) in [5.74, 6) is -0.621. The summed E-state index contributed by atoms with van der Waals surface area (Å²) in [5, 5.41) is 0. The van der Waals surface area contributed by atoms with Crippen molar-refractivity contribution in [3.8, 4) is 5.75 Å². The third-order valence-electron chi connectivity index (χ3n) is 4.48. The molecule has 1 heterocycles. The molecule has 0 atom stereocenters. The lowest BCUT2D eigenvalue weighted by atomic mass is 9.74. The Labute approximate surface area is 157 Å². The van der Waals surface area contributed by atoms with Crippen LogP contribution < -0.4 is 9.46 Å². The van der Waals surface area contributed by atoms with Gasteiger partial charge in [0.2, 0.25) is 10.0 Å². The number of carbonyl (C=O) groups excluding carboxylic acids is 1. The average Bonchev–Trinajstić information content (AvgIpc) is 2.62. The molecule has 1 aliphatic rings. The first-order chi connectivity index (χ1) is 12.8. The van der Waals surface area contributed by atoms with Crippen molar-refractivity contribution < 1.29 is 27.1 Å². The van der Waals surface area contributed by atoms with Crippen LogP contribution in [0.15, 0.2) is 48.5 Å². The number of rotatable bonds is 5. The molecule has 8 heteroatoms. The lowest BCUT2D eigenvalue weighted by Crippen LogP contribution is -2.44. The number of sulfonamides is 1. The Morgan fingerprint density at radius 1 is 1.15 bits per heavy atom. The van der Waals surface area contributed by atoms with Crippen LogP contribution >= 0.6 is 0 Å². The van der Waals surface area contributed by atoms with Crippen molar-refractivity contribution in [2.75, 3.05) is 24.2 Å². The quantitative estimate of drug-likeness (QED) is 0.624. The molecule has 1 saturated heterocycles. The lowest BCUT2D eigenvalue weighted by molar-refractivity contribution is -0.145. The van der Waals surface area contributed by atoms with Crippen LogP contribution in [0.1, 0.15) is 18.4 Å². The van der Waals surface area contributed by atoms with Crippen molar-refractivity contribution in [3.05, 3.63) is 59.9 Å². The van der Waals surface area contributed by atoms with Gasteiger partial charge in [-0.2, -0.15) is 0 Å². The third kappa shape index (κ3) is 4.64. The molecule has 1 N–H and O–H groups in total. The van der Waals surface area contributed by atoms with Gasteiger partial charge in [0.15, 0.2) is 0 Å². The second-order valence-electron chi connectivity index (χ2n) is 6.49. The van der Waals surface area contributed by atoms with Crippen molar-refractivity contribution in [3.63, 3.8) is 0 Å². The molecule has 2 aromatic rings. The number of hydrogen-bond donors (Lipinski definition) is 1. The van der Waals surface area contributed by atoms with Crippen molar-refractivity contribution in [2.24, 2.45) is 0 Å². The van der Waals surface area contributed by atoms with E-state index in [1.54, 1.807) is 12.1 Å². The SMILES string of the molecule is CS(=O)(=O)Nc1ccc(OC(=O)C2(c3cccc(F)c3)CCOCC2)cc1. The van der Waals surface area contributed by atoms with Gasteiger partial charge in [0.05, 0.1) is 11.7 Å². The number of halogens is 1. The second kappa shape index (κ2) is 7.66. The average molecular weight is 393 g/mol. The van der Waals surface area contributed by atoms with Crippen molar-refractivity contribution >= 4 is 21.7 Å². The van der Waals surface area contributed by atoms with E-state index < -0.39 is 27.2 Å². The summed E-state index contributed by atoms with van der Waals surface area (Å²) in [6, 6.07) is 12.0. The highest BCUT2D eigenvalue weighted by atomic mass is 32.2. The fourth-order valence-electron chi connectivity index (χ4n) is 3.13. The standard InChI is InChI=1S/C19H20FNO5S/c1-27(23,24)21-16-5-7-17(8-6-16)26-18(22)19(9-11-25-12-10-19)14-3-2-4-15(20)13-14/h2-8,13,21H,9-12H2,1H3. The van der Waals surface area contributed by atoms with E-state index in [4.69, 9.17) is 9.47 Å². The first-order valence-corrected chi connectivity index (χ1v) is 10.3. The predicted octanol–water partition coefficient (Wildman–Crippen LogP) is 2.85. The van der Waals surface area contributed by atoms with Gasteiger partial charge in [0, 0.05) is 18.9 Å². The van der Waals surface area contributed by atoms with Gasteiger partial charge >= 0.3 is 5.97 Å². The van der Waals surface area contributed by atoms with Crippen molar-refractivity contribution in [2.45, 2.75) is 18.3 Å². The zero-order chi connectivity index (χ0) is 19.5. The number of anilines is 1. The van der Waals surface area contributed by atoms with E-state index in [0.29, 0.717) is 37.3 Å². The summed E-state index contributed by atoms with van der Waals surface area (Å²) in [5.41, 5.74) is -0.0568. The summed E-state index contributed by atoms with van der Waals surface area (Å²) in [6.07, 6.45) is 1.83. The highest BCUT2D eigenvalue weighted by Crippen LogP contribution is 2.37. The molecule has 0 saturated carbocycles. The summed E-state index contributed by atoms with van der Waals surface area (Å²) in [6.45, 7) is 0.756. The van der Waals surface area contributed by atoms with E-state index in [-0.39, 0.29) is 5.75 Å². The molecule has 0 bridgehead atoms. The summed E-state index contributed by atoms with van der Waals surface area (Å²) < 4.78 is 49.5. The van der Waals surface area contributed by atoms with Gasteiger partial charge in [0.25, 0.3) is 0 Å². The van der Waals surface area contributed by atoms with Gasteiger partial charge in [-0.3, -0.25) is 9.52 Å². The maximum absolute atomic E-state index is 13.7. The van der Waals surface area contributed by atoms with E-state index >= 15 is 0 Å². The Morgan fingerprint density at radius 2 is 1.81 bits per heavy atom. The molecule has 27 heavy (non-hydrogen) atoms. The van der Waals surface area contributed by atoms with E-state index in [1.807, 2.05) is 0 Å². The van der Waals surface area contributed by atoms with Crippen LogP contribution in [-0.4, -0.2) is 33.9 Å². The largest absolute Gasteiger partial charge is 0.426 e. The van der Waals surface area contributed by atoms with Crippen LogP contribution in [-0.2, 0) is 25.0 Å². The van der Waals surface area contributed by atoms with Crippen LogP contribution in [0.2, 0.25) is 0 Å². The highest BCUT2D eigenvalue weighted by Gasteiger charge is 2.43. The lowest BCUT2D eigenvalue weighted by Gasteiger charge is -2.35. The number of esters is 1. The molecule has 1 aliphatic heterocycles. The normalized spacial score (nSPS) is 16.5. The predicted molar refractivity (Wildman–Crippen MR) is 98.7 cm³/mol. The monoisotopic (exact) mass is 393 g/mol. The topological polar surface area (TPSA) is 81.7 Å². The molecule has 0 amide bonds. The van der Waals surface area contributed by atoms with E-state index in [9.17, 15) is 17.6 Å². The first-order valence-electron chi connectivity index (χ1n) is 8.42. The third-order valence-corrected chi connectivity index (χ3v) is 5.09. The molecular formula is C19H20FNO5S. The molecule has 0 radical (unpaired) electrons. The minimum absolute atomic E-state index is 0.279. The Morgan fingerprint density at radius 3 is 2.41 bits per heavy atom. The molecule has 144 valence electrons. The molecule has 2 aromatic carbocycles. The number of carbonyl (C=O) groups is 1. The van der Waals surface area contributed by atoms with E-state index in [2.05, 4.69) is 4.72 Å². The fourth-order valence-corrected chi connectivity index (χ4v) is 3.69. The fraction of sp³-hybridized carbons (Fsp3) is 0.316. The zero-order valence-electron chi connectivity index (χ0n) is 14.8. The Hall–Kier alpha value is -2.45. The van der Waals surface area contributed by atoms with Crippen LogP contribution in [0.4, 0.5) is 10.1 Å². The summed E-state index contributed by atoms with van der Waals surface area (Å²) >= 11 is 0. The van der Waals surface area contributed by atoms with Gasteiger partial charge in [-0.15, -0.1) is 0 Å². The maximum Gasteiger partial charge on any atom is 0.322 e. The molecule has 0 aliphatic carbocycles. The Balaban J connectivity index is 1.83. The molecule has 0 unspecified atom stereocenters. The minimum atomic E-state index is -3.39. The molecule has 6 nitrogen and oxygen atoms in total. The van der Waals surface area contributed by atoms with Gasteiger partial charge in [-0.25, -0.2) is 12.8 Å². The van der Waals surface area contributed by atoms with E-state index in [0.717, 1.165) is 6.26 Å². The van der Waals surface area contributed by atoms with Gasteiger partial charge in [-0.05, 0) is 54.8 Å². The van der Waals surface area contributed by atoms with Crippen LogP contribution in [0.3, 0.4) is 0 Å². The molecule has 0 spiro atoms. The number of nitrogens with one attached hydrogen (secondary N) is 1.